The summed E-state index contributed by atoms with van der Waals surface area (Å²) in [4.78, 5) is 23.0. The van der Waals surface area contributed by atoms with E-state index in [0.29, 0.717) is 6.42 Å². The first-order chi connectivity index (χ1) is 8.61. The fraction of sp³-hybridized carbons (Fsp3) is 0.429. The molecule has 1 aromatic rings. The molecule has 2 unspecified atom stereocenters. The van der Waals surface area contributed by atoms with Crippen LogP contribution in [0.1, 0.15) is 31.7 Å². The molecule has 1 rings (SSSR count). The molecule has 1 N–H and O–H groups in total. The molecule has 0 spiro atoms. The molecule has 0 saturated carbocycles. The summed E-state index contributed by atoms with van der Waals surface area (Å²) in [5.74, 6) is -3.30. The molecule has 0 aliphatic carbocycles. The van der Waals surface area contributed by atoms with Crippen LogP contribution < -0.4 is 0 Å². The van der Waals surface area contributed by atoms with Gasteiger partial charge in [0.05, 0.1) is 6.61 Å². The van der Waals surface area contributed by atoms with Gasteiger partial charge in [0.1, 0.15) is 0 Å². The van der Waals surface area contributed by atoms with Crippen molar-refractivity contribution in [3.63, 3.8) is 0 Å². The van der Waals surface area contributed by atoms with Crippen molar-refractivity contribution in [2.75, 3.05) is 6.61 Å². The van der Waals surface area contributed by atoms with Crippen molar-refractivity contribution in [1.82, 2.24) is 0 Å². The van der Waals surface area contributed by atoms with E-state index in [9.17, 15) is 14.7 Å². The number of carboxylic acids is 1. The zero-order chi connectivity index (χ0) is 13.5. The van der Waals surface area contributed by atoms with Crippen molar-refractivity contribution in [2.24, 2.45) is 5.92 Å². The third kappa shape index (κ3) is 3.32. The number of esters is 1. The molecule has 4 heteroatoms. The second-order valence-electron chi connectivity index (χ2n) is 3.99. The van der Waals surface area contributed by atoms with Gasteiger partial charge >= 0.3 is 11.9 Å². The van der Waals surface area contributed by atoms with Crippen LogP contribution in [-0.2, 0) is 14.3 Å². The maximum Gasteiger partial charge on any atom is 0.320 e. The van der Waals surface area contributed by atoms with Crippen LogP contribution in [-0.4, -0.2) is 23.7 Å². The number of aliphatic carboxylic acids is 1. The number of carbonyl (C=O) groups excluding carboxylic acids is 1. The second kappa shape index (κ2) is 6.79. The Morgan fingerprint density at radius 2 is 1.83 bits per heavy atom. The van der Waals surface area contributed by atoms with Gasteiger partial charge in [-0.25, -0.2) is 0 Å². The average molecular weight is 250 g/mol. The first-order valence-corrected chi connectivity index (χ1v) is 6.06. The van der Waals surface area contributed by atoms with Gasteiger partial charge in [0.15, 0.2) is 5.92 Å². The van der Waals surface area contributed by atoms with Crippen LogP contribution in [0.4, 0.5) is 0 Å². The van der Waals surface area contributed by atoms with Crippen molar-refractivity contribution >= 4 is 11.9 Å². The summed E-state index contributed by atoms with van der Waals surface area (Å²) in [7, 11) is 0. The molecule has 0 saturated heterocycles. The van der Waals surface area contributed by atoms with Crippen LogP contribution in [0.5, 0.6) is 0 Å². The minimum Gasteiger partial charge on any atom is -0.481 e. The van der Waals surface area contributed by atoms with Crippen molar-refractivity contribution in [3.8, 4) is 0 Å². The Hall–Kier alpha value is -1.84. The third-order valence-corrected chi connectivity index (χ3v) is 2.88. The highest BCUT2D eigenvalue weighted by atomic mass is 16.5. The summed E-state index contributed by atoms with van der Waals surface area (Å²) in [6, 6.07) is 9.20. The van der Waals surface area contributed by atoms with Gasteiger partial charge in [-0.1, -0.05) is 37.3 Å². The van der Waals surface area contributed by atoms with E-state index >= 15 is 0 Å². The molecule has 0 heterocycles. The molecule has 0 bridgehead atoms. The van der Waals surface area contributed by atoms with Crippen LogP contribution in [0.3, 0.4) is 0 Å². The van der Waals surface area contributed by atoms with Gasteiger partial charge in [-0.15, -0.1) is 0 Å². The van der Waals surface area contributed by atoms with Gasteiger partial charge in [0, 0.05) is 5.92 Å². The number of ether oxygens (including phenoxy) is 1. The average Bonchev–Trinajstić information content (AvgIpc) is 2.36. The zero-order valence-corrected chi connectivity index (χ0v) is 10.6. The van der Waals surface area contributed by atoms with E-state index in [2.05, 4.69) is 0 Å². The summed E-state index contributed by atoms with van der Waals surface area (Å²) in [5.41, 5.74) is 0.848. The quantitative estimate of drug-likeness (QED) is 0.622. The van der Waals surface area contributed by atoms with E-state index in [1.165, 1.54) is 0 Å². The van der Waals surface area contributed by atoms with Gasteiger partial charge in [-0.3, -0.25) is 9.59 Å². The van der Waals surface area contributed by atoms with Gasteiger partial charge in [-0.05, 0) is 18.9 Å². The molecule has 4 nitrogen and oxygen atoms in total. The van der Waals surface area contributed by atoms with Gasteiger partial charge in [-0.2, -0.15) is 0 Å². The molecule has 0 aromatic heterocycles. The SMILES string of the molecule is CCOC(=O)C(C(=O)O)C(CC)c1ccccc1. The fourth-order valence-electron chi connectivity index (χ4n) is 2.03. The fourth-order valence-corrected chi connectivity index (χ4v) is 2.03. The minimum absolute atomic E-state index is 0.188. The van der Waals surface area contributed by atoms with Crippen LogP contribution in [0.2, 0.25) is 0 Å². The molecule has 0 aliphatic rings. The first-order valence-electron chi connectivity index (χ1n) is 6.06. The number of benzene rings is 1. The van der Waals surface area contributed by atoms with E-state index < -0.39 is 17.9 Å². The zero-order valence-electron chi connectivity index (χ0n) is 10.6. The monoisotopic (exact) mass is 250 g/mol. The second-order valence-corrected chi connectivity index (χ2v) is 3.99. The smallest absolute Gasteiger partial charge is 0.320 e. The normalized spacial score (nSPS) is 13.7. The third-order valence-electron chi connectivity index (χ3n) is 2.88. The predicted molar refractivity (Wildman–Crippen MR) is 67.2 cm³/mol. The predicted octanol–water partition coefficient (Wildman–Crippen LogP) is 2.44. The highest BCUT2D eigenvalue weighted by Gasteiger charge is 2.35. The lowest BCUT2D eigenvalue weighted by Crippen LogP contribution is -2.31. The molecular formula is C14H18O4. The lowest BCUT2D eigenvalue weighted by molar-refractivity contribution is -0.159. The van der Waals surface area contributed by atoms with E-state index in [0.717, 1.165) is 5.56 Å². The standard InChI is InChI=1S/C14H18O4/c1-3-11(10-8-6-5-7-9-10)12(13(15)16)14(17)18-4-2/h5-9,11-12H,3-4H2,1-2H3,(H,15,16). The van der Waals surface area contributed by atoms with Crippen LogP contribution in [0.25, 0.3) is 0 Å². The molecule has 98 valence electrons. The Labute approximate surface area is 107 Å². The lowest BCUT2D eigenvalue weighted by atomic mass is 9.84. The van der Waals surface area contributed by atoms with Crippen LogP contribution in [0.15, 0.2) is 30.3 Å². The number of hydrogen-bond acceptors (Lipinski definition) is 3. The van der Waals surface area contributed by atoms with Crippen molar-refractivity contribution in [2.45, 2.75) is 26.2 Å². The van der Waals surface area contributed by atoms with E-state index in [1.807, 2.05) is 37.3 Å². The van der Waals surface area contributed by atoms with Gasteiger partial charge < -0.3 is 9.84 Å². The first kappa shape index (κ1) is 14.2. The molecule has 0 amide bonds. The summed E-state index contributed by atoms with van der Waals surface area (Å²) >= 11 is 0. The number of carbonyl (C=O) groups is 2. The molecule has 1 aromatic carbocycles. The molecule has 18 heavy (non-hydrogen) atoms. The number of hydrogen-bond donors (Lipinski definition) is 1. The van der Waals surface area contributed by atoms with Crippen molar-refractivity contribution in [1.29, 1.82) is 0 Å². The summed E-state index contributed by atoms with van der Waals surface area (Å²) in [6.45, 7) is 3.72. The summed E-state index contributed by atoms with van der Waals surface area (Å²) in [5, 5.41) is 9.23. The number of carboxylic acid groups (broad SMARTS) is 1. The van der Waals surface area contributed by atoms with Crippen molar-refractivity contribution < 1.29 is 19.4 Å². The highest BCUT2D eigenvalue weighted by molar-refractivity contribution is 5.95. The number of rotatable bonds is 6. The Balaban J connectivity index is 3.02. The molecular weight excluding hydrogens is 232 g/mol. The van der Waals surface area contributed by atoms with Crippen molar-refractivity contribution in [3.05, 3.63) is 35.9 Å². The molecule has 0 fully saturated rings. The topological polar surface area (TPSA) is 63.6 Å². The largest absolute Gasteiger partial charge is 0.481 e. The van der Waals surface area contributed by atoms with Gasteiger partial charge in [0.25, 0.3) is 0 Å². The van der Waals surface area contributed by atoms with E-state index in [1.54, 1.807) is 6.92 Å². The van der Waals surface area contributed by atoms with Crippen LogP contribution >= 0.6 is 0 Å². The van der Waals surface area contributed by atoms with E-state index in [4.69, 9.17) is 4.74 Å². The molecule has 0 aliphatic heterocycles. The minimum atomic E-state index is -1.14. The Morgan fingerprint density at radius 1 is 1.22 bits per heavy atom. The summed E-state index contributed by atoms with van der Waals surface area (Å²) in [6.07, 6.45) is 0.569. The summed E-state index contributed by atoms with van der Waals surface area (Å²) < 4.78 is 4.85. The van der Waals surface area contributed by atoms with E-state index in [-0.39, 0.29) is 12.5 Å². The molecule has 2 atom stereocenters. The molecule has 0 radical (unpaired) electrons. The maximum atomic E-state index is 11.8. The van der Waals surface area contributed by atoms with Gasteiger partial charge in [0.2, 0.25) is 0 Å². The van der Waals surface area contributed by atoms with Crippen LogP contribution in [0, 0.1) is 5.92 Å². The Kier molecular flexibility index (Phi) is 5.36. The highest BCUT2D eigenvalue weighted by Crippen LogP contribution is 2.29. The Bertz CT molecular complexity index is 400. The maximum absolute atomic E-state index is 11.8. The lowest BCUT2D eigenvalue weighted by Gasteiger charge is -2.21. The Morgan fingerprint density at radius 3 is 2.28 bits per heavy atom.